The zero-order valence-electron chi connectivity index (χ0n) is 10.9. The Morgan fingerprint density at radius 2 is 1.81 bits per heavy atom. The summed E-state index contributed by atoms with van der Waals surface area (Å²) in [4.78, 5) is 4.72. The number of nitrogens with zero attached hydrogens (tertiary/aromatic N) is 1. The maximum atomic E-state index is 4.72. The highest BCUT2D eigenvalue weighted by Gasteiger charge is 2.13. The molecule has 1 heteroatoms. The second-order valence-corrected chi connectivity index (χ2v) is 5.29. The molecule has 0 aromatic carbocycles. The van der Waals surface area contributed by atoms with Crippen LogP contribution in [0.3, 0.4) is 0 Å². The average Bonchev–Trinajstić information content (AvgIpc) is 2.24. The first kappa shape index (κ1) is 13.2. The molecule has 1 atom stereocenters. The van der Waals surface area contributed by atoms with Crippen LogP contribution in [0.25, 0.3) is 0 Å². The van der Waals surface area contributed by atoms with E-state index in [0.29, 0.717) is 6.04 Å². The van der Waals surface area contributed by atoms with Crippen LogP contribution in [-0.2, 0) is 0 Å². The van der Waals surface area contributed by atoms with Gasteiger partial charge in [0, 0.05) is 11.6 Å². The van der Waals surface area contributed by atoms with Crippen LogP contribution >= 0.6 is 0 Å². The van der Waals surface area contributed by atoms with Gasteiger partial charge in [0.2, 0.25) is 0 Å². The Labute approximate surface area is 100 Å². The molecule has 0 radical (unpaired) electrons. The molecular formula is C15H25N. The quantitative estimate of drug-likeness (QED) is 0.574. The third-order valence-corrected chi connectivity index (χ3v) is 2.99. The molecule has 0 aromatic heterocycles. The van der Waals surface area contributed by atoms with E-state index in [4.69, 9.17) is 4.99 Å². The smallest absolute Gasteiger partial charge is 0.0527 e. The van der Waals surface area contributed by atoms with E-state index in [0.717, 1.165) is 25.7 Å². The van der Waals surface area contributed by atoms with Gasteiger partial charge in [-0.3, -0.25) is 4.99 Å². The van der Waals surface area contributed by atoms with Crippen LogP contribution < -0.4 is 0 Å². The summed E-state index contributed by atoms with van der Waals surface area (Å²) in [6.07, 6.45) is 17.0. The fourth-order valence-electron chi connectivity index (χ4n) is 1.76. The highest BCUT2D eigenvalue weighted by molar-refractivity contribution is 5.65. The van der Waals surface area contributed by atoms with Crippen LogP contribution in [0, 0.1) is 5.41 Å². The van der Waals surface area contributed by atoms with Gasteiger partial charge < -0.3 is 0 Å². The first-order chi connectivity index (χ1) is 7.64. The van der Waals surface area contributed by atoms with Crippen LogP contribution in [0.15, 0.2) is 29.3 Å². The van der Waals surface area contributed by atoms with Crippen molar-refractivity contribution < 1.29 is 0 Å². The number of allylic oxidation sites excluding steroid dienone is 3. The van der Waals surface area contributed by atoms with Crippen molar-refractivity contribution in [1.29, 1.82) is 0 Å². The van der Waals surface area contributed by atoms with Crippen LogP contribution in [0.5, 0.6) is 0 Å². The Balaban J connectivity index is 2.71. The average molecular weight is 219 g/mol. The van der Waals surface area contributed by atoms with Crippen molar-refractivity contribution in [1.82, 2.24) is 0 Å². The topological polar surface area (TPSA) is 12.4 Å². The van der Waals surface area contributed by atoms with Gasteiger partial charge in [-0.2, -0.15) is 0 Å². The zero-order valence-corrected chi connectivity index (χ0v) is 10.9. The predicted molar refractivity (Wildman–Crippen MR) is 73.1 cm³/mol. The minimum absolute atomic E-state index is 0.201. The Kier molecular flexibility index (Phi) is 5.51. The van der Waals surface area contributed by atoms with Crippen LogP contribution in [0.1, 0.15) is 52.9 Å². The van der Waals surface area contributed by atoms with Crippen LogP contribution in [0.2, 0.25) is 0 Å². The van der Waals surface area contributed by atoms with Gasteiger partial charge in [-0.1, -0.05) is 45.1 Å². The van der Waals surface area contributed by atoms with Gasteiger partial charge in [0.1, 0.15) is 0 Å². The fraction of sp³-hybridized carbons (Fsp3) is 0.667. The molecule has 1 aliphatic heterocycles. The lowest BCUT2D eigenvalue weighted by molar-refractivity contribution is 0.534. The SMILES string of the molecule is CCC1C/C=C/CC/C=C/CC(C)(C)/C=N/1. The largest absolute Gasteiger partial charge is 0.293 e. The zero-order chi connectivity index (χ0) is 11.9. The van der Waals surface area contributed by atoms with Crippen molar-refractivity contribution in [3.63, 3.8) is 0 Å². The lowest BCUT2D eigenvalue weighted by Gasteiger charge is -2.18. The molecule has 1 aliphatic rings. The molecule has 0 aromatic rings. The third kappa shape index (κ3) is 5.29. The van der Waals surface area contributed by atoms with Crippen molar-refractivity contribution >= 4 is 6.21 Å². The van der Waals surface area contributed by atoms with Crippen molar-refractivity contribution in [3.8, 4) is 0 Å². The van der Waals surface area contributed by atoms with Gasteiger partial charge in [0.05, 0.1) is 6.04 Å². The summed E-state index contributed by atoms with van der Waals surface area (Å²) in [6, 6.07) is 0.471. The fourth-order valence-corrected chi connectivity index (χ4v) is 1.76. The van der Waals surface area contributed by atoms with Gasteiger partial charge >= 0.3 is 0 Å². The lowest BCUT2D eigenvalue weighted by atomic mass is 9.90. The maximum Gasteiger partial charge on any atom is 0.0527 e. The summed E-state index contributed by atoms with van der Waals surface area (Å²) in [5.74, 6) is 0. The molecule has 0 saturated carbocycles. The van der Waals surface area contributed by atoms with Gasteiger partial charge in [-0.05, 0) is 32.1 Å². The summed E-state index contributed by atoms with van der Waals surface area (Å²) < 4.78 is 0. The summed E-state index contributed by atoms with van der Waals surface area (Å²) in [5.41, 5.74) is 0.201. The Hall–Kier alpha value is -0.850. The van der Waals surface area contributed by atoms with E-state index in [-0.39, 0.29) is 5.41 Å². The van der Waals surface area contributed by atoms with E-state index in [1.54, 1.807) is 0 Å². The lowest BCUT2D eigenvalue weighted by Crippen LogP contribution is -2.14. The van der Waals surface area contributed by atoms with E-state index in [1.807, 2.05) is 0 Å². The van der Waals surface area contributed by atoms with Gasteiger partial charge in [0.15, 0.2) is 0 Å². The molecule has 0 aliphatic carbocycles. The highest BCUT2D eigenvalue weighted by atomic mass is 14.8. The van der Waals surface area contributed by atoms with Crippen molar-refractivity contribution in [3.05, 3.63) is 24.3 Å². The van der Waals surface area contributed by atoms with E-state index < -0.39 is 0 Å². The summed E-state index contributed by atoms with van der Waals surface area (Å²) in [6.45, 7) is 6.74. The number of aliphatic imine (C=N–C) groups is 1. The first-order valence-corrected chi connectivity index (χ1v) is 6.48. The monoisotopic (exact) mass is 219 g/mol. The molecule has 90 valence electrons. The van der Waals surface area contributed by atoms with E-state index in [1.165, 1.54) is 6.42 Å². The minimum atomic E-state index is 0.201. The first-order valence-electron chi connectivity index (χ1n) is 6.48. The van der Waals surface area contributed by atoms with Gasteiger partial charge in [-0.25, -0.2) is 0 Å². The molecule has 16 heavy (non-hydrogen) atoms. The minimum Gasteiger partial charge on any atom is -0.293 e. The normalized spacial score (nSPS) is 32.1. The molecular weight excluding hydrogens is 194 g/mol. The number of rotatable bonds is 1. The van der Waals surface area contributed by atoms with E-state index in [9.17, 15) is 0 Å². The molecule has 0 bridgehead atoms. The standard InChI is InChI=1S/C15H25N/c1-4-14-11-9-7-5-6-8-10-12-15(2,3)13-16-14/h7-10,13-14H,4-6,11-12H2,1-3H3/b9-7+,10-8+,16-13+. The summed E-state index contributed by atoms with van der Waals surface area (Å²) in [7, 11) is 0. The molecule has 1 nitrogen and oxygen atoms in total. The molecule has 1 rings (SSSR count). The number of hydrogen-bond acceptors (Lipinski definition) is 1. The number of hydrogen-bond donors (Lipinski definition) is 0. The van der Waals surface area contributed by atoms with Crippen molar-refractivity contribution in [2.75, 3.05) is 0 Å². The third-order valence-electron chi connectivity index (χ3n) is 2.99. The molecule has 1 heterocycles. The molecule has 0 N–H and O–H groups in total. The predicted octanol–water partition coefficient (Wildman–Crippen LogP) is 4.55. The highest BCUT2D eigenvalue weighted by Crippen LogP contribution is 2.20. The maximum absolute atomic E-state index is 4.72. The van der Waals surface area contributed by atoms with E-state index in [2.05, 4.69) is 51.3 Å². The molecule has 1 unspecified atom stereocenters. The van der Waals surface area contributed by atoms with Gasteiger partial charge in [0.25, 0.3) is 0 Å². The van der Waals surface area contributed by atoms with Crippen LogP contribution in [0.4, 0.5) is 0 Å². The molecule has 0 fully saturated rings. The molecule has 0 saturated heterocycles. The molecule has 0 amide bonds. The summed E-state index contributed by atoms with van der Waals surface area (Å²) in [5, 5.41) is 0. The van der Waals surface area contributed by atoms with E-state index >= 15 is 0 Å². The Bertz CT molecular complexity index is 271. The summed E-state index contributed by atoms with van der Waals surface area (Å²) >= 11 is 0. The second kappa shape index (κ2) is 6.67. The van der Waals surface area contributed by atoms with Gasteiger partial charge in [-0.15, -0.1) is 0 Å². The Morgan fingerprint density at radius 1 is 1.12 bits per heavy atom. The van der Waals surface area contributed by atoms with Crippen molar-refractivity contribution in [2.45, 2.75) is 58.9 Å². The van der Waals surface area contributed by atoms with Crippen molar-refractivity contribution in [2.24, 2.45) is 10.4 Å². The van der Waals surface area contributed by atoms with Crippen LogP contribution in [-0.4, -0.2) is 12.3 Å². The Morgan fingerprint density at radius 3 is 2.50 bits per heavy atom. The second-order valence-electron chi connectivity index (χ2n) is 5.29. The molecule has 0 spiro atoms.